The summed E-state index contributed by atoms with van der Waals surface area (Å²) < 4.78 is 4.27. The summed E-state index contributed by atoms with van der Waals surface area (Å²) in [4.78, 5) is 7.47. The van der Waals surface area contributed by atoms with Gasteiger partial charge in [0.05, 0.1) is 40.8 Å². The van der Waals surface area contributed by atoms with E-state index in [0.29, 0.717) is 5.56 Å². The van der Waals surface area contributed by atoms with Gasteiger partial charge < -0.3 is 9.47 Å². The van der Waals surface area contributed by atoms with Gasteiger partial charge in [-0.3, -0.25) is 9.67 Å². The maximum atomic E-state index is 9.33. The number of hydrogen-bond acceptors (Lipinski definition) is 4. The maximum absolute atomic E-state index is 9.33. The number of rotatable bonds is 4. The van der Waals surface area contributed by atoms with Crippen molar-refractivity contribution in [2.24, 2.45) is 12.5 Å². The molecule has 6 heteroatoms. The van der Waals surface area contributed by atoms with E-state index in [4.69, 9.17) is 4.98 Å². The molecule has 5 aromatic rings. The summed E-state index contributed by atoms with van der Waals surface area (Å²) >= 11 is 0. The Labute approximate surface area is 211 Å². The van der Waals surface area contributed by atoms with Crippen LogP contribution in [0.3, 0.4) is 0 Å². The summed E-state index contributed by atoms with van der Waals surface area (Å²) in [6, 6.07) is 18.7. The molecular formula is C30H30N6. The van der Waals surface area contributed by atoms with Gasteiger partial charge >= 0.3 is 0 Å². The van der Waals surface area contributed by atoms with Crippen LogP contribution in [0, 0.1) is 16.7 Å². The van der Waals surface area contributed by atoms with E-state index >= 15 is 0 Å². The molecule has 36 heavy (non-hydrogen) atoms. The number of aromatic nitrogens is 4. The first-order valence-electron chi connectivity index (χ1n) is 12.5. The van der Waals surface area contributed by atoms with Gasteiger partial charge in [-0.1, -0.05) is 25.1 Å². The predicted octanol–water partition coefficient (Wildman–Crippen LogP) is 5.86. The minimum absolute atomic E-state index is 0.275. The highest BCUT2D eigenvalue weighted by molar-refractivity contribution is 6.02. The molecule has 1 aliphatic rings. The van der Waals surface area contributed by atoms with Gasteiger partial charge in [-0.25, -0.2) is 0 Å². The highest BCUT2D eigenvalue weighted by atomic mass is 15.2. The first kappa shape index (κ1) is 22.5. The Balaban J connectivity index is 1.50. The van der Waals surface area contributed by atoms with Crippen LogP contribution in [0.1, 0.15) is 25.3 Å². The second kappa shape index (κ2) is 8.61. The van der Waals surface area contributed by atoms with E-state index in [1.54, 1.807) is 0 Å². The SMILES string of the molecule is CN1CCC(C)(Cn2ccc3c(-c4ccc(C#N)cc4)c(-c4ccc5c(cnn5C)c4)ncc32)CC1. The van der Waals surface area contributed by atoms with E-state index in [-0.39, 0.29) is 5.41 Å². The topological polar surface area (TPSA) is 62.7 Å². The molecule has 6 nitrogen and oxygen atoms in total. The molecule has 3 aromatic heterocycles. The van der Waals surface area contributed by atoms with Crippen LogP contribution >= 0.6 is 0 Å². The molecule has 2 aromatic carbocycles. The van der Waals surface area contributed by atoms with Crippen molar-refractivity contribution in [3.05, 3.63) is 72.7 Å². The minimum atomic E-state index is 0.275. The molecule has 0 aliphatic carbocycles. The average Bonchev–Trinajstić information content (AvgIpc) is 3.48. The van der Waals surface area contributed by atoms with Gasteiger partial charge in [0, 0.05) is 41.7 Å². The van der Waals surface area contributed by atoms with Crippen molar-refractivity contribution < 1.29 is 0 Å². The van der Waals surface area contributed by atoms with Gasteiger partial charge in [-0.2, -0.15) is 10.4 Å². The normalized spacial score (nSPS) is 15.9. The summed E-state index contributed by atoms with van der Waals surface area (Å²) in [5, 5.41) is 16.0. The molecule has 4 heterocycles. The van der Waals surface area contributed by atoms with Crippen molar-refractivity contribution in [2.75, 3.05) is 20.1 Å². The Morgan fingerprint density at radius 3 is 2.44 bits per heavy atom. The van der Waals surface area contributed by atoms with Crippen LogP contribution in [-0.4, -0.2) is 44.4 Å². The van der Waals surface area contributed by atoms with Crippen molar-refractivity contribution in [2.45, 2.75) is 26.3 Å². The zero-order valence-corrected chi connectivity index (χ0v) is 21.1. The fourth-order valence-corrected chi connectivity index (χ4v) is 5.56. The largest absolute Gasteiger partial charge is 0.346 e. The number of nitrogens with zero attached hydrogens (tertiary/aromatic N) is 6. The zero-order chi connectivity index (χ0) is 24.9. The van der Waals surface area contributed by atoms with E-state index in [1.165, 1.54) is 18.2 Å². The van der Waals surface area contributed by atoms with Crippen LogP contribution in [0.15, 0.2) is 67.1 Å². The monoisotopic (exact) mass is 474 g/mol. The van der Waals surface area contributed by atoms with Gasteiger partial charge in [-0.05, 0) is 74.3 Å². The second-order valence-corrected chi connectivity index (χ2v) is 10.6. The van der Waals surface area contributed by atoms with E-state index in [2.05, 4.69) is 65.1 Å². The molecule has 0 radical (unpaired) electrons. The fraction of sp³-hybridized carbons (Fsp3) is 0.300. The lowest BCUT2D eigenvalue weighted by Gasteiger charge is -2.38. The maximum Gasteiger partial charge on any atom is 0.0991 e. The van der Waals surface area contributed by atoms with Crippen molar-refractivity contribution >= 4 is 21.8 Å². The molecule has 0 spiro atoms. The van der Waals surface area contributed by atoms with Crippen LogP contribution in [0.25, 0.3) is 44.2 Å². The summed E-state index contributed by atoms with van der Waals surface area (Å²) in [6.45, 7) is 5.69. The van der Waals surface area contributed by atoms with Gasteiger partial charge in [0.2, 0.25) is 0 Å². The summed E-state index contributed by atoms with van der Waals surface area (Å²) in [5.41, 5.74) is 7.36. The highest BCUT2D eigenvalue weighted by Gasteiger charge is 2.30. The first-order valence-corrected chi connectivity index (χ1v) is 12.5. The lowest BCUT2D eigenvalue weighted by molar-refractivity contribution is 0.122. The third-order valence-electron chi connectivity index (χ3n) is 7.90. The summed E-state index contributed by atoms with van der Waals surface area (Å²) in [6.07, 6.45) is 8.54. The van der Waals surface area contributed by atoms with Crippen molar-refractivity contribution in [3.63, 3.8) is 0 Å². The van der Waals surface area contributed by atoms with Crippen LogP contribution in [-0.2, 0) is 13.6 Å². The highest BCUT2D eigenvalue weighted by Crippen LogP contribution is 2.39. The Bertz CT molecular complexity index is 1610. The second-order valence-electron chi connectivity index (χ2n) is 10.6. The number of piperidine rings is 1. The Kier molecular flexibility index (Phi) is 5.39. The fourth-order valence-electron chi connectivity index (χ4n) is 5.56. The molecule has 0 unspecified atom stereocenters. The lowest BCUT2D eigenvalue weighted by atomic mass is 9.80. The van der Waals surface area contributed by atoms with Crippen LogP contribution < -0.4 is 0 Å². The molecule has 1 saturated heterocycles. The number of likely N-dealkylation sites (tertiary alicyclic amines) is 1. The van der Waals surface area contributed by atoms with Gasteiger partial charge in [0.1, 0.15) is 0 Å². The Morgan fingerprint density at radius 2 is 1.69 bits per heavy atom. The number of aryl methyl sites for hydroxylation is 1. The van der Waals surface area contributed by atoms with Crippen molar-refractivity contribution in [1.82, 2.24) is 24.2 Å². The quantitative estimate of drug-likeness (QED) is 0.327. The molecule has 1 aliphatic heterocycles. The van der Waals surface area contributed by atoms with E-state index in [9.17, 15) is 5.26 Å². The van der Waals surface area contributed by atoms with Crippen molar-refractivity contribution in [1.29, 1.82) is 5.26 Å². The summed E-state index contributed by atoms with van der Waals surface area (Å²) in [7, 11) is 4.17. The number of benzene rings is 2. The first-order chi connectivity index (χ1) is 17.4. The number of fused-ring (bicyclic) bond motifs is 2. The van der Waals surface area contributed by atoms with Crippen molar-refractivity contribution in [3.8, 4) is 28.5 Å². The molecule has 0 atom stereocenters. The molecule has 180 valence electrons. The average molecular weight is 475 g/mol. The predicted molar refractivity (Wildman–Crippen MR) is 144 cm³/mol. The van der Waals surface area contributed by atoms with Gasteiger partial charge in [0.15, 0.2) is 0 Å². The molecule has 6 rings (SSSR count). The molecule has 0 saturated carbocycles. The van der Waals surface area contributed by atoms with Gasteiger partial charge in [0.25, 0.3) is 0 Å². The zero-order valence-electron chi connectivity index (χ0n) is 21.1. The molecule has 0 amide bonds. The molecule has 0 bridgehead atoms. The molecule has 0 N–H and O–H groups in total. The number of hydrogen-bond donors (Lipinski definition) is 0. The standard InChI is InChI=1S/C30H30N6/c1-30(11-14-34(2)15-12-30)20-36-13-10-25-27(36)19-32-29(28(25)22-6-4-21(17-31)5-7-22)23-8-9-26-24(16-23)18-33-35(26)3/h4-10,13,16,18-19H,11-12,14-15,20H2,1-3H3. The Hall–Kier alpha value is -3.95. The Morgan fingerprint density at radius 1 is 0.944 bits per heavy atom. The number of pyridine rings is 1. The van der Waals surface area contributed by atoms with Gasteiger partial charge in [-0.15, -0.1) is 0 Å². The van der Waals surface area contributed by atoms with Crippen LogP contribution in [0.2, 0.25) is 0 Å². The number of nitriles is 1. The smallest absolute Gasteiger partial charge is 0.0991 e. The third-order valence-corrected chi connectivity index (χ3v) is 7.90. The molecular weight excluding hydrogens is 444 g/mol. The molecule has 1 fully saturated rings. The van der Waals surface area contributed by atoms with Crippen LogP contribution in [0.5, 0.6) is 0 Å². The van der Waals surface area contributed by atoms with E-state index in [1.807, 2.05) is 48.4 Å². The lowest BCUT2D eigenvalue weighted by Crippen LogP contribution is -2.38. The van der Waals surface area contributed by atoms with Crippen LogP contribution in [0.4, 0.5) is 0 Å². The summed E-state index contributed by atoms with van der Waals surface area (Å²) in [5.74, 6) is 0. The van der Waals surface area contributed by atoms with E-state index in [0.717, 1.165) is 58.4 Å². The van der Waals surface area contributed by atoms with E-state index < -0.39 is 0 Å². The third kappa shape index (κ3) is 3.86. The minimum Gasteiger partial charge on any atom is -0.346 e.